The highest BCUT2D eigenvalue weighted by molar-refractivity contribution is 14.0. The van der Waals surface area contributed by atoms with E-state index in [1.54, 1.807) is 19.2 Å². The van der Waals surface area contributed by atoms with Crippen molar-refractivity contribution in [2.24, 2.45) is 10.9 Å². The van der Waals surface area contributed by atoms with E-state index in [9.17, 15) is 8.78 Å². The molecule has 0 bridgehead atoms. The minimum atomic E-state index is -2.90. The zero-order valence-corrected chi connectivity index (χ0v) is 21.9. The van der Waals surface area contributed by atoms with Crippen LogP contribution in [0.3, 0.4) is 0 Å². The molecule has 2 N–H and O–H groups in total. The highest BCUT2D eigenvalue weighted by atomic mass is 127. The van der Waals surface area contributed by atoms with Crippen LogP contribution in [0, 0.1) is 5.92 Å². The van der Waals surface area contributed by atoms with Crippen LogP contribution < -0.4 is 20.1 Å². The molecule has 32 heavy (non-hydrogen) atoms. The van der Waals surface area contributed by atoms with E-state index >= 15 is 0 Å². The van der Waals surface area contributed by atoms with Gasteiger partial charge in [0.25, 0.3) is 0 Å². The quantitative estimate of drug-likeness (QED) is 0.243. The number of guanidine groups is 1. The molecular formula is C22H38F2IN5O2. The number of hydrogen-bond donors (Lipinski definition) is 2. The van der Waals surface area contributed by atoms with Crippen LogP contribution in [0.1, 0.15) is 25.8 Å². The van der Waals surface area contributed by atoms with Gasteiger partial charge in [-0.1, -0.05) is 13.8 Å². The second-order valence-corrected chi connectivity index (χ2v) is 8.01. The van der Waals surface area contributed by atoms with Gasteiger partial charge in [-0.15, -0.1) is 24.0 Å². The fourth-order valence-corrected chi connectivity index (χ4v) is 3.40. The highest BCUT2D eigenvalue weighted by Gasteiger charge is 2.16. The standard InChI is InChI=1S/C22H37F2N5O2.HI/c1-5-12-30-19-7-6-18(20(13-19)31-21(23)24)15-27-22(25-3)26-14-17(2)16-29-10-8-28(4)9-11-29;/h6-7,13,17,21H,5,8-12,14-16H2,1-4H3,(H2,25,26,27);1H. The van der Waals surface area contributed by atoms with Crippen molar-refractivity contribution in [3.8, 4) is 11.5 Å². The predicted molar refractivity (Wildman–Crippen MR) is 136 cm³/mol. The SMILES string of the molecule is CCCOc1ccc(CNC(=NC)NCC(C)CN2CCN(C)CC2)c(OC(F)F)c1.I. The lowest BCUT2D eigenvalue weighted by Gasteiger charge is -2.34. The van der Waals surface area contributed by atoms with Crippen molar-refractivity contribution >= 4 is 29.9 Å². The maximum absolute atomic E-state index is 12.8. The zero-order chi connectivity index (χ0) is 22.6. The second kappa shape index (κ2) is 15.4. The van der Waals surface area contributed by atoms with Crippen LogP contribution in [-0.4, -0.2) is 82.3 Å². The Morgan fingerprint density at radius 2 is 1.91 bits per heavy atom. The molecule has 1 atom stereocenters. The molecule has 0 aliphatic carbocycles. The number of piperazine rings is 1. The van der Waals surface area contributed by atoms with Crippen molar-refractivity contribution in [1.82, 2.24) is 20.4 Å². The van der Waals surface area contributed by atoms with Gasteiger partial charge < -0.3 is 29.9 Å². The number of nitrogens with zero attached hydrogens (tertiary/aromatic N) is 3. The van der Waals surface area contributed by atoms with E-state index in [2.05, 4.69) is 39.4 Å². The van der Waals surface area contributed by atoms with Crippen molar-refractivity contribution in [1.29, 1.82) is 0 Å². The zero-order valence-electron chi connectivity index (χ0n) is 19.6. The van der Waals surface area contributed by atoms with Gasteiger partial charge in [0, 0.05) is 64.5 Å². The number of benzene rings is 1. The average Bonchev–Trinajstić information content (AvgIpc) is 2.74. The first-order valence-electron chi connectivity index (χ1n) is 11.0. The molecule has 2 rings (SSSR count). The average molecular weight is 569 g/mol. The minimum absolute atomic E-state index is 0. The van der Waals surface area contributed by atoms with E-state index in [0.717, 1.165) is 45.7 Å². The summed E-state index contributed by atoms with van der Waals surface area (Å²) in [7, 11) is 3.85. The lowest BCUT2D eigenvalue weighted by molar-refractivity contribution is -0.0505. The van der Waals surface area contributed by atoms with Crippen molar-refractivity contribution < 1.29 is 18.3 Å². The van der Waals surface area contributed by atoms with Gasteiger partial charge in [0.2, 0.25) is 0 Å². The van der Waals surface area contributed by atoms with E-state index in [1.807, 2.05) is 6.92 Å². The second-order valence-electron chi connectivity index (χ2n) is 8.01. The first kappa shape index (κ1) is 28.6. The lowest BCUT2D eigenvalue weighted by Crippen LogP contribution is -2.47. The van der Waals surface area contributed by atoms with Crippen molar-refractivity contribution in [2.75, 3.05) is 60.0 Å². The molecule has 184 valence electrons. The number of aliphatic imine (C=N–C) groups is 1. The van der Waals surface area contributed by atoms with Crippen LogP contribution in [0.4, 0.5) is 8.78 Å². The number of halogens is 3. The first-order valence-corrected chi connectivity index (χ1v) is 11.0. The summed E-state index contributed by atoms with van der Waals surface area (Å²) in [6.45, 7) is 8.34. The fourth-order valence-electron chi connectivity index (χ4n) is 3.40. The van der Waals surface area contributed by atoms with E-state index in [4.69, 9.17) is 9.47 Å². The molecule has 1 aromatic rings. The van der Waals surface area contributed by atoms with Crippen LogP contribution in [0.5, 0.6) is 11.5 Å². The van der Waals surface area contributed by atoms with Gasteiger partial charge in [-0.25, -0.2) is 0 Å². The molecule has 1 aliphatic heterocycles. The molecule has 1 unspecified atom stereocenters. The van der Waals surface area contributed by atoms with Gasteiger partial charge >= 0.3 is 6.61 Å². The monoisotopic (exact) mass is 569 g/mol. The normalized spacial score (nSPS) is 16.4. The summed E-state index contributed by atoms with van der Waals surface area (Å²) in [6.07, 6.45) is 0.837. The van der Waals surface area contributed by atoms with Gasteiger partial charge in [0.15, 0.2) is 5.96 Å². The van der Waals surface area contributed by atoms with Crippen LogP contribution in [0.2, 0.25) is 0 Å². The Balaban J connectivity index is 0.00000512. The lowest BCUT2D eigenvalue weighted by atomic mass is 10.1. The Hall–Kier alpha value is -1.40. The summed E-state index contributed by atoms with van der Waals surface area (Å²) in [5.41, 5.74) is 0.609. The van der Waals surface area contributed by atoms with E-state index in [1.165, 1.54) is 6.07 Å². The Bertz CT molecular complexity index is 688. The van der Waals surface area contributed by atoms with Crippen LogP contribution >= 0.6 is 24.0 Å². The van der Waals surface area contributed by atoms with E-state index in [-0.39, 0.29) is 29.7 Å². The topological polar surface area (TPSA) is 61.4 Å². The molecule has 1 aliphatic rings. The molecule has 1 heterocycles. The summed E-state index contributed by atoms with van der Waals surface area (Å²) in [5.74, 6) is 1.70. The molecule has 0 spiro atoms. The summed E-state index contributed by atoms with van der Waals surface area (Å²) in [5, 5.41) is 6.51. The number of ether oxygens (including phenoxy) is 2. The van der Waals surface area contributed by atoms with Gasteiger partial charge in [-0.3, -0.25) is 4.99 Å². The van der Waals surface area contributed by atoms with Crippen LogP contribution in [0.15, 0.2) is 23.2 Å². The minimum Gasteiger partial charge on any atom is -0.493 e. The molecule has 0 amide bonds. The molecular weight excluding hydrogens is 531 g/mol. The van der Waals surface area contributed by atoms with Gasteiger partial charge in [-0.2, -0.15) is 8.78 Å². The third-order valence-corrected chi connectivity index (χ3v) is 5.18. The van der Waals surface area contributed by atoms with Crippen molar-refractivity contribution in [3.05, 3.63) is 23.8 Å². The number of alkyl halides is 2. The van der Waals surface area contributed by atoms with Crippen molar-refractivity contribution in [3.63, 3.8) is 0 Å². The summed E-state index contributed by atoms with van der Waals surface area (Å²) < 4.78 is 35.9. The summed E-state index contributed by atoms with van der Waals surface area (Å²) in [6, 6.07) is 5.01. The van der Waals surface area contributed by atoms with E-state index < -0.39 is 6.61 Å². The number of likely N-dealkylation sites (N-methyl/N-ethyl adjacent to an activating group) is 1. The molecule has 1 aromatic carbocycles. The van der Waals surface area contributed by atoms with Gasteiger partial charge in [-0.05, 0) is 31.5 Å². The first-order chi connectivity index (χ1) is 14.9. The molecule has 0 aromatic heterocycles. The predicted octanol–water partition coefficient (Wildman–Crippen LogP) is 3.24. The van der Waals surface area contributed by atoms with Crippen LogP contribution in [0.25, 0.3) is 0 Å². The summed E-state index contributed by atoms with van der Waals surface area (Å²) in [4.78, 5) is 9.07. The van der Waals surface area contributed by atoms with Crippen molar-refractivity contribution in [2.45, 2.75) is 33.4 Å². The Labute approximate surface area is 207 Å². The number of nitrogens with one attached hydrogen (secondary N) is 2. The maximum atomic E-state index is 12.8. The smallest absolute Gasteiger partial charge is 0.387 e. The number of hydrogen-bond acceptors (Lipinski definition) is 5. The van der Waals surface area contributed by atoms with E-state index in [0.29, 0.717) is 36.3 Å². The molecule has 7 nitrogen and oxygen atoms in total. The Kier molecular flexibility index (Phi) is 13.8. The largest absolute Gasteiger partial charge is 0.493 e. The number of rotatable bonds is 11. The Morgan fingerprint density at radius 1 is 1.19 bits per heavy atom. The van der Waals surface area contributed by atoms with Gasteiger partial charge in [0.1, 0.15) is 11.5 Å². The summed E-state index contributed by atoms with van der Waals surface area (Å²) >= 11 is 0. The Morgan fingerprint density at radius 3 is 2.53 bits per heavy atom. The van der Waals surface area contributed by atoms with Crippen LogP contribution in [-0.2, 0) is 6.54 Å². The fraction of sp³-hybridized carbons (Fsp3) is 0.682. The molecule has 0 radical (unpaired) electrons. The third kappa shape index (κ3) is 10.5. The molecule has 1 saturated heterocycles. The molecule has 1 fully saturated rings. The van der Waals surface area contributed by atoms with Gasteiger partial charge in [0.05, 0.1) is 6.61 Å². The maximum Gasteiger partial charge on any atom is 0.387 e. The highest BCUT2D eigenvalue weighted by Crippen LogP contribution is 2.26. The molecule has 10 heteroatoms. The third-order valence-electron chi connectivity index (χ3n) is 5.18. The molecule has 0 saturated carbocycles.